The number of amides is 3. The van der Waals surface area contributed by atoms with Gasteiger partial charge in [-0.15, -0.1) is 11.3 Å². The number of hydrogen-bond acceptors (Lipinski definition) is 4. The molecule has 0 aliphatic carbocycles. The molecule has 0 saturated heterocycles. The van der Waals surface area contributed by atoms with Gasteiger partial charge >= 0.3 is 6.03 Å². The number of thiophene rings is 1. The Balaban J connectivity index is 1.57. The zero-order chi connectivity index (χ0) is 17.4. The van der Waals surface area contributed by atoms with Crippen molar-refractivity contribution in [1.82, 2.24) is 15.5 Å². The molecule has 2 aliphatic heterocycles. The molecule has 0 bridgehead atoms. The molecule has 2 N–H and O–H groups in total. The highest BCUT2D eigenvalue weighted by atomic mass is 32.1. The van der Waals surface area contributed by atoms with Crippen molar-refractivity contribution in [1.29, 1.82) is 0 Å². The van der Waals surface area contributed by atoms with Crippen LogP contribution < -0.4 is 15.4 Å². The lowest BCUT2D eigenvalue weighted by atomic mass is 10.0. The Bertz CT molecular complexity index is 843. The largest absolute Gasteiger partial charge is 0.497 e. The van der Waals surface area contributed by atoms with E-state index in [1.165, 1.54) is 11.3 Å². The van der Waals surface area contributed by atoms with Gasteiger partial charge in [-0.2, -0.15) is 0 Å². The molecule has 0 spiro atoms. The molecule has 1 aromatic heterocycles. The highest BCUT2D eigenvalue weighted by Gasteiger charge is 2.40. The Morgan fingerprint density at radius 1 is 1.24 bits per heavy atom. The summed E-state index contributed by atoms with van der Waals surface area (Å²) in [5.41, 5.74) is 2.34. The number of methoxy groups -OCH3 is 1. The van der Waals surface area contributed by atoms with Gasteiger partial charge in [-0.05, 0) is 29.1 Å². The summed E-state index contributed by atoms with van der Waals surface area (Å²) in [4.78, 5) is 27.6. The van der Waals surface area contributed by atoms with Gasteiger partial charge in [0.25, 0.3) is 5.91 Å². The average Bonchev–Trinajstić information content (AvgIpc) is 3.24. The fourth-order valence-electron chi connectivity index (χ4n) is 3.18. The fraction of sp³-hybridized carbons (Fsp3) is 0.222. The summed E-state index contributed by atoms with van der Waals surface area (Å²) in [6.45, 7) is 0.901. The summed E-state index contributed by atoms with van der Waals surface area (Å²) >= 11 is 1.53. The van der Waals surface area contributed by atoms with Crippen LogP contribution in [0.5, 0.6) is 5.75 Å². The minimum atomic E-state index is -0.378. The first-order valence-electron chi connectivity index (χ1n) is 7.92. The Labute approximate surface area is 149 Å². The Hall–Kier alpha value is -2.80. The van der Waals surface area contributed by atoms with Crippen LogP contribution in [-0.4, -0.2) is 30.5 Å². The summed E-state index contributed by atoms with van der Waals surface area (Å²) in [5, 5.41) is 7.59. The summed E-state index contributed by atoms with van der Waals surface area (Å²) in [6, 6.07) is 10.8. The Kier molecular flexibility index (Phi) is 3.93. The van der Waals surface area contributed by atoms with Crippen LogP contribution in [0.15, 0.2) is 53.0 Å². The maximum Gasteiger partial charge on any atom is 0.319 e. The highest BCUT2D eigenvalue weighted by Crippen LogP contribution is 2.34. The first-order chi connectivity index (χ1) is 12.2. The molecule has 2 aromatic rings. The van der Waals surface area contributed by atoms with Crippen molar-refractivity contribution in [2.24, 2.45) is 0 Å². The van der Waals surface area contributed by atoms with Crippen molar-refractivity contribution in [2.75, 3.05) is 13.7 Å². The lowest BCUT2D eigenvalue weighted by molar-refractivity contribution is -0.126. The molecule has 1 atom stereocenters. The van der Waals surface area contributed by atoms with Gasteiger partial charge in [0.15, 0.2) is 0 Å². The topological polar surface area (TPSA) is 70.7 Å². The second-order valence-electron chi connectivity index (χ2n) is 5.95. The summed E-state index contributed by atoms with van der Waals surface area (Å²) in [6.07, 6.45) is 0. The quantitative estimate of drug-likeness (QED) is 0.885. The van der Waals surface area contributed by atoms with Crippen LogP contribution in [0.1, 0.15) is 16.5 Å². The number of rotatable bonds is 4. The third kappa shape index (κ3) is 2.87. The Morgan fingerprint density at radius 2 is 2.04 bits per heavy atom. The van der Waals surface area contributed by atoms with Crippen LogP contribution in [0.4, 0.5) is 4.79 Å². The monoisotopic (exact) mass is 355 g/mol. The van der Waals surface area contributed by atoms with E-state index in [0.29, 0.717) is 24.4 Å². The van der Waals surface area contributed by atoms with Crippen molar-refractivity contribution in [3.63, 3.8) is 0 Å². The van der Waals surface area contributed by atoms with E-state index in [2.05, 4.69) is 10.6 Å². The number of benzene rings is 1. The Morgan fingerprint density at radius 3 is 2.72 bits per heavy atom. The molecule has 25 heavy (non-hydrogen) atoms. The molecule has 128 valence electrons. The van der Waals surface area contributed by atoms with E-state index >= 15 is 0 Å². The smallest absolute Gasteiger partial charge is 0.319 e. The molecule has 1 aromatic carbocycles. The van der Waals surface area contributed by atoms with Crippen LogP contribution in [0.2, 0.25) is 0 Å². The minimum absolute atomic E-state index is 0.0447. The molecular weight excluding hydrogens is 338 g/mol. The van der Waals surface area contributed by atoms with Crippen LogP contribution in [0.3, 0.4) is 0 Å². The van der Waals surface area contributed by atoms with Gasteiger partial charge in [-0.3, -0.25) is 4.79 Å². The summed E-state index contributed by atoms with van der Waals surface area (Å²) in [7, 11) is 1.62. The molecule has 2 aliphatic rings. The summed E-state index contributed by atoms with van der Waals surface area (Å²) < 4.78 is 5.16. The van der Waals surface area contributed by atoms with Gasteiger partial charge in [-0.1, -0.05) is 18.2 Å². The van der Waals surface area contributed by atoms with Gasteiger partial charge < -0.3 is 20.3 Å². The van der Waals surface area contributed by atoms with Crippen molar-refractivity contribution in [3.05, 3.63) is 63.5 Å². The van der Waals surface area contributed by atoms with E-state index in [-0.39, 0.29) is 18.0 Å². The van der Waals surface area contributed by atoms with Gasteiger partial charge in [0.1, 0.15) is 5.75 Å². The van der Waals surface area contributed by atoms with Crippen LogP contribution >= 0.6 is 11.3 Å². The van der Waals surface area contributed by atoms with Crippen molar-refractivity contribution in [2.45, 2.75) is 12.6 Å². The van der Waals surface area contributed by atoms with Crippen molar-refractivity contribution in [3.8, 4) is 5.75 Å². The number of urea groups is 1. The predicted octanol–water partition coefficient (Wildman–Crippen LogP) is 2.41. The molecule has 0 fully saturated rings. The fourth-order valence-corrected chi connectivity index (χ4v) is 3.96. The molecule has 6 nitrogen and oxygen atoms in total. The SMILES string of the molecule is COc1ccc(CN2CC3=C(C2=O)[C@@H](c2cccs2)NC(=O)N3)cc1. The molecule has 4 rings (SSSR count). The van der Waals surface area contributed by atoms with E-state index < -0.39 is 0 Å². The molecule has 0 unspecified atom stereocenters. The molecular formula is C18H17N3O3S. The lowest BCUT2D eigenvalue weighted by Gasteiger charge is -2.24. The molecule has 3 amide bonds. The van der Waals surface area contributed by atoms with E-state index in [1.54, 1.807) is 12.0 Å². The summed E-state index contributed by atoms with van der Waals surface area (Å²) in [5.74, 6) is 0.736. The van der Waals surface area contributed by atoms with Gasteiger partial charge in [0.2, 0.25) is 0 Å². The number of hydrogen-bond donors (Lipinski definition) is 2. The second kappa shape index (κ2) is 6.25. The first-order valence-corrected chi connectivity index (χ1v) is 8.80. The third-order valence-corrected chi connectivity index (χ3v) is 5.32. The van der Waals surface area contributed by atoms with Crippen molar-refractivity contribution < 1.29 is 14.3 Å². The van der Waals surface area contributed by atoms with Crippen LogP contribution in [-0.2, 0) is 11.3 Å². The van der Waals surface area contributed by atoms with Crippen molar-refractivity contribution >= 4 is 23.3 Å². The normalized spacial score (nSPS) is 19.6. The number of nitrogens with zero attached hydrogens (tertiary/aromatic N) is 1. The van der Waals surface area contributed by atoms with E-state index in [1.807, 2.05) is 41.8 Å². The van der Waals surface area contributed by atoms with Gasteiger partial charge in [-0.25, -0.2) is 4.79 Å². The standard InChI is InChI=1S/C18H17N3O3S/c1-24-12-6-4-11(5-7-12)9-21-10-13-15(17(21)22)16(20-18(23)19-13)14-3-2-8-25-14/h2-8,16H,9-10H2,1H3,(H2,19,20,23)/t16-/m1/s1. The maximum atomic E-state index is 12.9. The maximum absolute atomic E-state index is 12.9. The van der Waals surface area contributed by atoms with E-state index in [9.17, 15) is 9.59 Å². The second-order valence-corrected chi connectivity index (χ2v) is 6.93. The molecule has 0 saturated carbocycles. The van der Waals surface area contributed by atoms with Crippen LogP contribution in [0, 0.1) is 0 Å². The number of ether oxygens (including phenoxy) is 1. The average molecular weight is 355 g/mol. The van der Waals surface area contributed by atoms with Gasteiger partial charge in [0, 0.05) is 11.4 Å². The molecule has 3 heterocycles. The number of nitrogens with one attached hydrogen (secondary N) is 2. The lowest BCUT2D eigenvalue weighted by Crippen LogP contribution is -2.44. The predicted molar refractivity (Wildman–Crippen MR) is 94.2 cm³/mol. The minimum Gasteiger partial charge on any atom is -0.497 e. The van der Waals surface area contributed by atoms with E-state index in [0.717, 1.165) is 16.2 Å². The zero-order valence-corrected chi connectivity index (χ0v) is 14.4. The van der Waals surface area contributed by atoms with E-state index in [4.69, 9.17) is 4.74 Å². The highest BCUT2D eigenvalue weighted by molar-refractivity contribution is 7.10. The number of carbonyl (C=O) groups excluding carboxylic acids is 2. The first kappa shape index (κ1) is 15.7. The number of carbonyl (C=O) groups is 2. The zero-order valence-electron chi connectivity index (χ0n) is 13.6. The van der Waals surface area contributed by atoms with Crippen LogP contribution in [0.25, 0.3) is 0 Å². The third-order valence-electron chi connectivity index (χ3n) is 4.38. The molecule has 7 heteroatoms. The molecule has 0 radical (unpaired) electrons. The van der Waals surface area contributed by atoms with Gasteiger partial charge in [0.05, 0.1) is 31.0 Å².